The lowest BCUT2D eigenvalue weighted by molar-refractivity contribution is -0.130. The van der Waals surface area contributed by atoms with E-state index in [1.165, 1.54) is 51.4 Å². The molecule has 2 saturated carbocycles. The number of carbonyl (C=O) groups is 1. The second-order valence-corrected chi connectivity index (χ2v) is 6.73. The van der Waals surface area contributed by atoms with Crippen molar-refractivity contribution in [2.45, 2.75) is 76.9 Å². The van der Waals surface area contributed by atoms with Crippen LogP contribution in [0.15, 0.2) is 0 Å². The molecule has 0 aromatic rings. The van der Waals surface area contributed by atoms with Gasteiger partial charge < -0.3 is 4.90 Å². The Morgan fingerprint density at radius 1 is 1.16 bits per heavy atom. The molecule has 3 rings (SSSR count). The van der Waals surface area contributed by atoms with Crippen LogP contribution in [0.2, 0.25) is 0 Å². The van der Waals surface area contributed by atoms with E-state index in [2.05, 4.69) is 17.1 Å². The molecule has 1 amide bonds. The van der Waals surface area contributed by atoms with E-state index in [4.69, 9.17) is 0 Å². The Morgan fingerprint density at radius 3 is 2.47 bits per heavy atom. The lowest BCUT2D eigenvalue weighted by Gasteiger charge is -2.32. The largest absolute Gasteiger partial charge is 0.326 e. The monoisotopic (exact) mass is 264 g/mol. The Kier molecular flexibility index (Phi) is 4.11. The molecule has 0 spiro atoms. The van der Waals surface area contributed by atoms with Crippen LogP contribution in [-0.2, 0) is 4.79 Å². The maximum Gasteiger partial charge on any atom is 0.241 e. The number of hydrogen-bond acceptors (Lipinski definition) is 2. The summed E-state index contributed by atoms with van der Waals surface area (Å²) in [6, 6.07) is 0.0898. The van der Waals surface area contributed by atoms with Crippen LogP contribution in [0.3, 0.4) is 0 Å². The van der Waals surface area contributed by atoms with Gasteiger partial charge in [-0.25, -0.2) is 0 Å². The molecule has 3 aliphatic rings. The fourth-order valence-electron chi connectivity index (χ4n) is 4.01. The Bertz CT molecular complexity index is 321. The van der Waals surface area contributed by atoms with Crippen molar-refractivity contribution >= 4 is 5.91 Å². The predicted octanol–water partition coefficient (Wildman–Crippen LogP) is 2.90. The molecule has 3 fully saturated rings. The summed E-state index contributed by atoms with van der Waals surface area (Å²) >= 11 is 0. The van der Waals surface area contributed by atoms with Crippen molar-refractivity contribution in [2.75, 3.05) is 6.54 Å². The van der Waals surface area contributed by atoms with Crippen LogP contribution in [0.1, 0.15) is 64.7 Å². The summed E-state index contributed by atoms with van der Waals surface area (Å²) in [4.78, 5) is 14.7. The highest BCUT2D eigenvalue weighted by atomic mass is 16.2. The first-order valence-electron chi connectivity index (χ1n) is 8.36. The van der Waals surface area contributed by atoms with Crippen LogP contribution in [0, 0.1) is 11.8 Å². The molecule has 3 nitrogen and oxygen atoms in total. The molecule has 1 aliphatic heterocycles. The second-order valence-electron chi connectivity index (χ2n) is 6.73. The lowest BCUT2D eigenvalue weighted by atomic mass is 9.83. The second kappa shape index (κ2) is 5.82. The highest BCUT2D eigenvalue weighted by molar-refractivity contribution is 5.84. The van der Waals surface area contributed by atoms with Gasteiger partial charge in [-0.05, 0) is 37.5 Å². The summed E-state index contributed by atoms with van der Waals surface area (Å²) in [6.45, 7) is 3.12. The molecular formula is C16H28N2O. The van der Waals surface area contributed by atoms with Crippen LogP contribution < -0.4 is 5.32 Å². The van der Waals surface area contributed by atoms with E-state index in [1.54, 1.807) is 0 Å². The maximum atomic E-state index is 12.5. The average molecular weight is 264 g/mol. The first-order valence-corrected chi connectivity index (χ1v) is 8.36. The summed E-state index contributed by atoms with van der Waals surface area (Å²) in [7, 11) is 0. The van der Waals surface area contributed by atoms with Crippen molar-refractivity contribution in [1.82, 2.24) is 10.2 Å². The summed E-state index contributed by atoms with van der Waals surface area (Å²) in [5.41, 5.74) is 0. The summed E-state index contributed by atoms with van der Waals surface area (Å²) in [5.74, 6) is 1.98. The summed E-state index contributed by atoms with van der Waals surface area (Å²) in [6.07, 6.45) is 12.0. The van der Waals surface area contributed by atoms with Gasteiger partial charge >= 0.3 is 0 Å². The molecule has 2 unspecified atom stereocenters. The Balaban J connectivity index is 1.62. The average Bonchev–Trinajstić information content (AvgIpc) is 2.96. The third kappa shape index (κ3) is 2.67. The van der Waals surface area contributed by atoms with Crippen LogP contribution in [0.4, 0.5) is 0 Å². The van der Waals surface area contributed by atoms with E-state index in [9.17, 15) is 4.79 Å². The molecule has 19 heavy (non-hydrogen) atoms. The van der Waals surface area contributed by atoms with Crippen LogP contribution in [-0.4, -0.2) is 29.6 Å². The van der Waals surface area contributed by atoms with Gasteiger partial charge in [0.25, 0.3) is 0 Å². The Morgan fingerprint density at radius 2 is 1.89 bits per heavy atom. The fourth-order valence-corrected chi connectivity index (χ4v) is 4.01. The topological polar surface area (TPSA) is 32.3 Å². The maximum absolute atomic E-state index is 12.5. The van der Waals surface area contributed by atoms with Crippen molar-refractivity contribution in [1.29, 1.82) is 0 Å². The zero-order chi connectivity index (χ0) is 13.2. The number of carbonyl (C=O) groups excluding carboxylic acids is 1. The van der Waals surface area contributed by atoms with Gasteiger partial charge in [-0.15, -0.1) is 0 Å². The van der Waals surface area contributed by atoms with Crippen LogP contribution in [0.5, 0.6) is 0 Å². The van der Waals surface area contributed by atoms with E-state index < -0.39 is 0 Å². The van der Waals surface area contributed by atoms with Gasteiger partial charge in [0.05, 0.1) is 12.2 Å². The Labute approximate surface area is 117 Å². The number of hydrogen-bond donors (Lipinski definition) is 1. The summed E-state index contributed by atoms with van der Waals surface area (Å²) < 4.78 is 0. The smallest absolute Gasteiger partial charge is 0.241 e. The van der Waals surface area contributed by atoms with Crippen LogP contribution in [0.25, 0.3) is 0 Å². The van der Waals surface area contributed by atoms with E-state index in [-0.39, 0.29) is 6.04 Å². The highest BCUT2D eigenvalue weighted by Crippen LogP contribution is 2.34. The Hall–Kier alpha value is -0.570. The van der Waals surface area contributed by atoms with Crippen molar-refractivity contribution < 1.29 is 4.79 Å². The zero-order valence-corrected chi connectivity index (χ0v) is 12.2. The number of nitrogens with zero attached hydrogens (tertiary/aromatic N) is 1. The van der Waals surface area contributed by atoms with Crippen molar-refractivity contribution in [3.63, 3.8) is 0 Å². The zero-order valence-electron chi connectivity index (χ0n) is 12.2. The van der Waals surface area contributed by atoms with E-state index in [0.29, 0.717) is 18.0 Å². The molecule has 3 heteroatoms. The highest BCUT2D eigenvalue weighted by Gasteiger charge is 2.42. The first-order chi connectivity index (χ1) is 9.29. The van der Waals surface area contributed by atoms with Crippen molar-refractivity contribution in [2.24, 2.45) is 11.8 Å². The third-order valence-electron chi connectivity index (χ3n) is 5.55. The van der Waals surface area contributed by atoms with Gasteiger partial charge in [-0.3, -0.25) is 10.1 Å². The van der Waals surface area contributed by atoms with Crippen molar-refractivity contribution in [3.05, 3.63) is 0 Å². The van der Waals surface area contributed by atoms with Gasteiger partial charge in [-0.2, -0.15) is 0 Å². The van der Waals surface area contributed by atoms with E-state index in [0.717, 1.165) is 18.9 Å². The van der Waals surface area contributed by atoms with E-state index in [1.807, 2.05) is 0 Å². The third-order valence-corrected chi connectivity index (χ3v) is 5.55. The molecule has 108 valence electrons. The number of nitrogens with one attached hydrogen (secondary N) is 1. The van der Waals surface area contributed by atoms with E-state index >= 15 is 0 Å². The van der Waals surface area contributed by atoms with Crippen LogP contribution >= 0.6 is 0 Å². The predicted molar refractivity (Wildman–Crippen MR) is 76.6 cm³/mol. The number of rotatable bonds is 5. The molecule has 2 aliphatic carbocycles. The summed E-state index contributed by atoms with van der Waals surface area (Å²) in [5, 5.41) is 3.62. The van der Waals surface area contributed by atoms with Gasteiger partial charge in [0.15, 0.2) is 0 Å². The molecular weight excluding hydrogens is 236 g/mol. The normalized spacial score (nSPS) is 33.1. The minimum absolute atomic E-state index is 0.0898. The van der Waals surface area contributed by atoms with Gasteiger partial charge in [0.2, 0.25) is 5.91 Å². The molecule has 0 radical (unpaired) electrons. The molecule has 1 heterocycles. The molecule has 1 N–H and O–H groups in total. The minimum atomic E-state index is 0.0898. The van der Waals surface area contributed by atoms with Gasteiger partial charge in [0, 0.05) is 6.54 Å². The minimum Gasteiger partial charge on any atom is -0.326 e. The van der Waals surface area contributed by atoms with Gasteiger partial charge in [-0.1, -0.05) is 39.0 Å². The molecule has 2 atom stereocenters. The van der Waals surface area contributed by atoms with Gasteiger partial charge in [0.1, 0.15) is 0 Å². The molecule has 1 saturated heterocycles. The molecule has 0 aromatic heterocycles. The standard InChI is InChI=1S/C16H28N2O/c1-2-14-16(19)18(11-10-12-6-5-7-12)15(17-14)13-8-3-4-9-13/h12-15,17H,2-11H2,1H3. The quantitative estimate of drug-likeness (QED) is 0.828. The molecule has 0 bridgehead atoms. The fraction of sp³-hybridized carbons (Fsp3) is 0.938. The van der Waals surface area contributed by atoms with Crippen molar-refractivity contribution in [3.8, 4) is 0 Å². The lowest BCUT2D eigenvalue weighted by Crippen LogP contribution is -2.43. The molecule has 0 aromatic carbocycles. The number of amides is 1. The first kappa shape index (κ1) is 13.4. The SMILES string of the molecule is CCC1NC(C2CCCC2)N(CCC2CCC2)C1=O.